The van der Waals surface area contributed by atoms with Crippen molar-refractivity contribution in [3.8, 4) is 5.69 Å². The monoisotopic (exact) mass is 360 g/mol. The topological polar surface area (TPSA) is 85.2 Å². The highest BCUT2D eigenvalue weighted by Crippen LogP contribution is 2.27. The minimum atomic E-state index is -0.383. The van der Waals surface area contributed by atoms with Gasteiger partial charge < -0.3 is 15.4 Å². The van der Waals surface area contributed by atoms with Crippen molar-refractivity contribution < 1.29 is 18.7 Å². The first-order valence-corrected chi connectivity index (χ1v) is 8.50. The van der Waals surface area contributed by atoms with Gasteiger partial charge in [-0.05, 0) is 43.5 Å². The molecule has 2 N–H and O–H groups in total. The molecule has 138 valence electrons. The van der Waals surface area contributed by atoms with Gasteiger partial charge >= 0.3 is 0 Å². The van der Waals surface area contributed by atoms with Crippen LogP contribution in [0.2, 0.25) is 0 Å². The average Bonchev–Trinajstić information content (AvgIpc) is 3.23. The van der Waals surface area contributed by atoms with Crippen molar-refractivity contribution in [2.24, 2.45) is 0 Å². The fourth-order valence-electron chi connectivity index (χ4n) is 3.01. The molecule has 8 heteroatoms. The standard InChI is InChI=1S/C18H21FN4O3/c1-26-10-9-20-16(24)11-21-18(25)17-14-3-2-4-15(14)23(22-17)13-7-5-12(19)6-8-13/h5-8H,2-4,9-11H2,1H3,(H,20,24)(H,21,25). The van der Waals surface area contributed by atoms with Gasteiger partial charge in [0.05, 0.1) is 18.8 Å². The molecule has 2 amide bonds. The quantitative estimate of drug-likeness (QED) is 0.721. The van der Waals surface area contributed by atoms with Crippen molar-refractivity contribution in [3.63, 3.8) is 0 Å². The Labute approximate surface area is 150 Å². The highest BCUT2D eigenvalue weighted by atomic mass is 19.1. The zero-order valence-electron chi connectivity index (χ0n) is 14.5. The van der Waals surface area contributed by atoms with E-state index in [1.165, 1.54) is 12.1 Å². The summed E-state index contributed by atoms with van der Waals surface area (Å²) in [6, 6.07) is 5.99. The number of hydrogen-bond donors (Lipinski definition) is 2. The Balaban J connectivity index is 1.72. The number of nitrogens with zero attached hydrogens (tertiary/aromatic N) is 2. The van der Waals surface area contributed by atoms with Gasteiger partial charge in [0.2, 0.25) is 5.91 Å². The summed E-state index contributed by atoms with van der Waals surface area (Å²) < 4.78 is 19.7. The smallest absolute Gasteiger partial charge is 0.272 e. The van der Waals surface area contributed by atoms with Gasteiger partial charge in [-0.15, -0.1) is 0 Å². The average molecular weight is 360 g/mol. The minimum Gasteiger partial charge on any atom is -0.383 e. The Hall–Kier alpha value is -2.74. The fourth-order valence-corrected chi connectivity index (χ4v) is 3.01. The zero-order chi connectivity index (χ0) is 18.5. The molecule has 1 heterocycles. The van der Waals surface area contributed by atoms with Gasteiger partial charge in [-0.3, -0.25) is 9.59 Å². The van der Waals surface area contributed by atoms with E-state index in [1.807, 2.05) is 0 Å². The number of methoxy groups -OCH3 is 1. The van der Waals surface area contributed by atoms with Crippen LogP contribution in [-0.4, -0.2) is 48.4 Å². The van der Waals surface area contributed by atoms with Crippen molar-refractivity contribution in [1.29, 1.82) is 0 Å². The van der Waals surface area contributed by atoms with Gasteiger partial charge in [-0.1, -0.05) is 0 Å². The SMILES string of the molecule is COCCNC(=O)CNC(=O)c1nn(-c2ccc(F)cc2)c2c1CCC2. The van der Waals surface area contributed by atoms with E-state index in [9.17, 15) is 14.0 Å². The summed E-state index contributed by atoms with van der Waals surface area (Å²) in [4.78, 5) is 24.2. The van der Waals surface area contributed by atoms with Crippen molar-refractivity contribution in [2.75, 3.05) is 26.8 Å². The molecule has 0 bridgehead atoms. The van der Waals surface area contributed by atoms with Gasteiger partial charge in [-0.2, -0.15) is 5.10 Å². The molecule has 0 atom stereocenters. The summed E-state index contributed by atoms with van der Waals surface area (Å²) in [5.41, 5.74) is 2.89. The lowest BCUT2D eigenvalue weighted by Gasteiger charge is -2.06. The second kappa shape index (κ2) is 8.09. The number of nitrogens with one attached hydrogen (secondary N) is 2. The molecular weight excluding hydrogens is 339 g/mol. The molecular formula is C18H21FN4O3. The van der Waals surface area contributed by atoms with Crippen molar-refractivity contribution >= 4 is 11.8 Å². The number of carbonyl (C=O) groups excluding carboxylic acids is 2. The number of fused-ring (bicyclic) bond motifs is 1. The summed E-state index contributed by atoms with van der Waals surface area (Å²) in [5.74, 6) is -0.995. The van der Waals surface area contributed by atoms with E-state index in [0.29, 0.717) is 24.5 Å². The zero-order valence-corrected chi connectivity index (χ0v) is 14.5. The summed E-state index contributed by atoms with van der Waals surface area (Å²) >= 11 is 0. The molecule has 0 saturated heterocycles. The number of benzene rings is 1. The van der Waals surface area contributed by atoms with Crippen LogP contribution in [0.25, 0.3) is 5.69 Å². The molecule has 2 aromatic rings. The first-order chi connectivity index (χ1) is 12.6. The van der Waals surface area contributed by atoms with Gasteiger partial charge in [0.1, 0.15) is 5.82 Å². The third kappa shape index (κ3) is 3.91. The molecule has 3 rings (SSSR count). The number of carbonyl (C=O) groups is 2. The van der Waals surface area contributed by atoms with E-state index in [0.717, 1.165) is 30.5 Å². The van der Waals surface area contributed by atoms with E-state index >= 15 is 0 Å². The van der Waals surface area contributed by atoms with Crippen molar-refractivity contribution in [3.05, 3.63) is 47.0 Å². The summed E-state index contributed by atoms with van der Waals surface area (Å²) in [6.45, 7) is 0.676. The van der Waals surface area contributed by atoms with Crippen LogP contribution in [0.5, 0.6) is 0 Å². The Kier molecular flexibility index (Phi) is 5.62. The first kappa shape index (κ1) is 18.1. The van der Waals surface area contributed by atoms with Crippen molar-refractivity contribution in [1.82, 2.24) is 20.4 Å². The van der Waals surface area contributed by atoms with E-state index in [2.05, 4.69) is 15.7 Å². The van der Waals surface area contributed by atoms with Gasteiger partial charge in [-0.25, -0.2) is 9.07 Å². The highest BCUT2D eigenvalue weighted by Gasteiger charge is 2.27. The lowest BCUT2D eigenvalue weighted by atomic mass is 10.2. The lowest BCUT2D eigenvalue weighted by Crippen LogP contribution is -2.38. The van der Waals surface area contributed by atoms with Crippen LogP contribution < -0.4 is 10.6 Å². The van der Waals surface area contributed by atoms with Gasteiger partial charge in [0.25, 0.3) is 5.91 Å². The van der Waals surface area contributed by atoms with Crippen LogP contribution >= 0.6 is 0 Å². The Morgan fingerprint density at radius 3 is 2.73 bits per heavy atom. The largest absolute Gasteiger partial charge is 0.383 e. The molecule has 26 heavy (non-hydrogen) atoms. The Morgan fingerprint density at radius 2 is 2.00 bits per heavy atom. The Morgan fingerprint density at radius 1 is 1.23 bits per heavy atom. The van der Waals surface area contributed by atoms with Gasteiger partial charge in [0, 0.05) is 24.9 Å². The normalized spacial score (nSPS) is 12.7. The molecule has 1 aliphatic rings. The summed E-state index contributed by atoms with van der Waals surface area (Å²) in [6.07, 6.45) is 2.51. The van der Waals surface area contributed by atoms with E-state index in [4.69, 9.17) is 4.74 Å². The number of hydrogen-bond acceptors (Lipinski definition) is 4. The van der Waals surface area contributed by atoms with Crippen molar-refractivity contribution in [2.45, 2.75) is 19.3 Å². The molecule has 1 aliphatic carbocycles. The number of halogens is 1. The predicted octanol–water partition coefficient (Wildman–Crippen LogP) is 0.993. The van der Waals surface area contributed by atoms with Crippen LogP contribution in [-0.2, 0) is 22.4 Å². The van der Waals surface area contributed by atoms with Gasteiger partial charge in [0.15, 0.2) is 5.69 Å². The fraction of sp³-hybridized carbons (Fsp3) is 0.389. The number of ether oxygens (including phenoxy) is 1. The highest BCUT2D eigenvalue weighted by molar-refractivity contribution is 5.96. The molecule has 1 aromatic carbocycles. The maximum atomic E-state index is 13.2. The number of amides is 2. The molecule has 0 saturated carbocycles. The minimum absolute atomic E-state index is 0.124. The molecule has 1 aromatic heterocycles. The molecule has 0 fully saturated rings. The molecule has 0 unspecified atom stereocenters. The maximum Gasteiger partial charge on any atom is 0.272 e. The first-order valence-electron chi connectivity index (χ1n) is 8.50. The van der Waals surface area contributed by atoms with E-state index in [1.54, 1.807) is 23.9 Å². The third-order valence-corrected chi connectivity index (χ3v) is 4.25. The van der Waals surface area contributed by atoms with Crippen LogP contribution in [0.3, 0.4) is 0 Å². The predicted molar refractivity (Wildman–Crippen MR) is 92.8 cm³/mol. The maximum absolute atomic E-state index is 13.2. The Bertz CT molecular complexity index is 802. The third-order valence-electron chi connectivity index (χ3n) is 4.25. The molecule has 0 aliphatic heterocycles. The molecule has 7 nitrogen and oxygen atoms in total. The lowest BCUT2D eigenvalue weighted by molar-refractivity contribution is -0.120. The second-order valence-corrected chi connectivity index (χ2v) is 6.04. The molecule has 0 spiro atoms. The molecule has 0 radical (unpaired) electrons. The number of aromatic nitrogens is 2. The van der Waals surface area contributed by atoms with E-state index in [-0.39, 0.29) is 24.2 Å². The van der Waals surface area contributed by atoms with E-state index < -0.39 is 0 Å². The summed E-state index contributed by atoms with van der Waals surface area (Å²) in [5, 5.41) is 9.66. The second-order valence-electron chi connectivity index (χ2n) is 6.04. The van der Waals surface area contributed by atoms with Crippen LogP contribution in [0.4, 0.5) is 4.39 Å². The van der Waals surface area contributed by atoms with Crippen LogP contribution in [0, 0.1) is 5.82 Å². The number of rotatable bonds is 7. The van der Waals surface area contributed by atoms with Crippen LogP contribution in [0.1, 0.15) is 28.2 Å². The van der Waals surface area contributed by atoms with Crippen LogP contribution in [0.15, 0.2) is 24.3 Å². The summed E-state index contributed by atoms with van der Waals surface area (Å²) in [7, 11) is 1.55.